The summed E-state index contributed by atoms with van der Waals surface area (Å²) in [5.74, 6) is 0.825. The highest BCUT2D eigenvalue weighted by molar-refractivity contribution is 5.78. The van der Waals surface area contributed by atoms with Crippen molar-refractivity contribution in [2.75, 3.05) is 39.3 Å². The second-order valence-corrected chi connectivity index (χ2v) is 6.64. The molecular weight excluding hydrogens is 278 g/mol. The fourth-order valence-corrected chi connectivity index (χ4v) is 3.45. The van der Waals surface area contributed by atoms with Gasteiger partial charge in [-0.1, -0.05) is 0 Å². The van der Waals surface area contributed by atoms with E-state index in [0.717, 1.165) is 39.3 Å². The van der Waals surface area contributed by atoms with Crippen molar-refractivity contribution in [3.8, 4) is 0 Å². The van der Waals surface area contributed by atoms with Gasteiger partial charge in [0.05, 0.1) is 19.1 Å². The van der Waals surface area contributed by atoms with Gasteiger partial charge in [-0.3, -0.25) is 14.6 Å². The molecule has 2 fully saturated rings. The predicted molar refractivity (Wildman–Crippen MR) is 85.4 cm³/mol. The molecule has 0 atom stereocenters. The first-order valence-corrected chi connectivity index (χ1v) is 8.52. The minimum atomic E-state index is 0.197. The number of carbonyl (C=O) groups is 1. The van der Waals surface area contributed by atoms with Gasteiger partial charge in [0.1, 0.15) is 0 Å². The Kier molecular flexibility index (Phi) is 5.51. The zero-order valence-corrected chi connectivity index (χ0v) is 13.3. The molecule has 22 heavy (non-hydrogen) atoms. The van der Waals surface area contributed by atoms with E-state index in [1.165, 1.54) is 31.2 Å². The maximum absolute atomic E-state index is 11.9. The fourth-order valence-electron chi connectivity index (χ4n) is 3.45. The number of amides is 1. The van der Waals surface area contributed by atoms with Crippen molar-refractivity contribution < 1.29 is 9.21 Å². The molecule has 0 unspecified atom stereocenters. The lowest BCUT2D eigenvalue weighted by Crippen LogP contribution is -2.41. The Morgan fingerprint density at radius 2 is 1.95 bits per heavy atom. The van der Waals surface area contributed by atoms with Crippen LogP contribution >= 0.6 is 0 Å². The Morgan fingerprint density at radius 3 is 2.64 bits per heavy atom. The number of hydrogen-bond acceptors (Lipinski definition) is 4. The van der Waals surface area contributed by atoms with Crippen molar-refractivity contribution in [2.45, 2.75) is 32.2 Å². The topological polar surface area (TPSA) is 48.7 Å². The molecule has 2 aliphatic heterocycles. The number of likely N-dealkylation sites (tertiary alicyclic amines) is 2. The summed E-state index contributed by atoms with van der Waals surface area (Å²) in [5, 5.41) is 3.13. The number of furan rings is 1. The maximum atomic E-state index is 11.9. The molecule has 0 aliphatic carbocycles. The fraction of sp³-hybridized carbons (Fsp3) is 0.706. The molecule has 3 heterocycles. The van der Waals surface area contributed by atoms with Crippen molar-refractivity contribution in [1.82, 2.24) is 15.1 Å². The van der Waals surface area contributed by atoms with Gasteiger partial charge in [-0.2, -0.15) is 0 Å². The quantitative estimate of drug-likeness (QED) is 0.869. The Bertz CT molecular complexity index is 446. The molecule has 0 spiro atoms. The molecule has 0 saturated carbocycles. The summed E-state index contributed by atoms with van der Waals surface area (Å²) in [6.07, 6.45) is 8.37. The number of hydrogen-bond donors (Lipinski definition) is 1. The average Bonchev–Trinajstić information content (AvgIpc) is 3.20. The average molecular weight is 305 g/mol. The molecule has 3 rings (SSSR count). The molecule has 5 heteroatoms. The maximum Gasteiger partial charge on any atom is 0.234 e. The number of nitrogens with zero attached hydrogens (tertiary/aromatic N) is 2. The van der Waals surface area contributed by atoms with Gasteiger partial charge in [-0.15, -0.1) is 0 Å². The van der Waals surface area contributed by atoms with Gasteiger partial charge in [-0.05, 0) is 63.8 Å². The third-order valence-corrected chi connectivity index (χ3v) is 4.85. The number of carbonyl (C=O) groups excluding carboxylic acids is 1. The predicted octanol–water partition coefficient (Wildman–Crippen LogP) is 1.70. The molecule has 2 saturated heterocycles. The number of piperidine rings is 1. The lowest BCUT2D eigenvalue weighted by atomic mass is 9.96. The second kappa shape index (κ2) is 7.79. The van der Waals surface area contributed by atoms with Crippen LogP contribution in [0.3, 0.4) is 0 Å². The first-order chi connectivity index (χ1) is 10.8. The van der Waals surface area contributed by atoms with Crippen LogP contribution in [-0.4, -0.2) is 55.0 Å². The third kappa shape index (κ3) is 4.58. The van der Waals surface area contributed by atoms with Gasteiger partial charge in [0, 0.05) is 18.7 Å². The first kappa shape index (κ1) is 15.6. The second-order valence-electron chi connectivity index (χ2n) is 6.64. The number of nitrogens with one attached hydrogen (secondary N) is 1. The summed E-state index contributed by atoms with van der Waals surface area (Å²) in [5.41, 5.74) is 1.25. The molecule has 1 aromatic rings. The monoisotopic (exact) mass is 305 g/mol. The molecule has 1 aromatic heterocycles. The van der Waals surface area contributed by atoms with E-state index in [-0.39, 0.29) is 5.91 Å². The van der Waals surface area contributed by atoms with Crippen LogP contribution in [0.1, 0.15) is 31.2 Å². The summed E-state index contributed by atoms with van der Waals surface area (Å²) >= 11 is 0. The molecule has 5 nitrogen and oxygen atoms in total. The summed E-state index contributed by atoms with van der Waals surface area (Å²) in [4.78, 5) is 16.7. The summed E-state index contributed by atoms with van der Waals surface area (Å²) in [7, 11) is 0. The van der Waals surface area contributed by atoms with Crippen LogP contribution in [0.15, 0.2) is 23.0 Å². The summed E-state index contributed by atoms with van der Waals surface area (Å²) in [6.45, 7) is 6.78. The van der Waals surface area contributed by atoms with Crippen LogP contribution in [0.25, 0.3) is 0 Å². The molecule has 0 bridgehead atoms. The van der Waals surface area contributed by atoms with E-state index in [9.17, 15) is 4.79 Å². The van der Waals surface area contributed by atoms with Crippen molar-refractivity contribution in [3.63, 3.8) is 0 Å². The third-order valence-electron chi connectivity index (χ3n) is 4.85. The van der Waals surface area contributed by atoms with E-state index >= 15 is 0 Å². The largest absolute Gasteiger partial charge is 0.472 e. The van der Waals surface area contributed by atoms with E-state index in [1.54, 1.807) is 6.26 Å². The van der Waals surface area contributed by atoms with Crippen molar-refractivity contribution in [2.24, 2.45) is 5.92 Å². The highest BCUT2D eigenvalue weighted by Gasteiger charge is 2.21. The van der Waals surface area contributed by atoms with Crippen molar-refractivity contribution >= 4 is 5.91 Å². The van der Waals surface area contributed by atoms with Crippen LogP contribution in [0.4, 0.5) is 0 Å². The summed E-state index contributed by atoms with van der Waals surface area (Å²) < 4.78 is 5.12. The molecule has 0 aromatic carbocycles. The highest BCUT2D eigenvalue weighted by Crippen LogP contribution is 2.18. The van der Waals surface area contributed by atoms with Gasteiger partial charge in [0.2, 0.25) is 5.91 Å². The zero-order chi connectivity index (χ0) is 15.2. The minimum absolute atomic E-state index is 0.197. The van der Waals surface area contributed by atoms with Crippen LogP contribution in [-0.2, 0) is 11.3 Å². The van der Waals surface area contributed by atoms with Crippen molar-refractivity contribution in [1.29, 1.82) is 0 Å². The van der Waals surface area contributed by atoms with Gasteiger partial charge < -0.3 is 9.73 Å². The molecule has 0 radical (unpaired) electrons. The van der Waals surface area contributed by atoms with Crippen LogP contribution in [0.5, 0.6) is 0 Å². The lowest BCUT2D eigenvalue weighted by molar-refractivity contribution is -0.122. The molecule has 122 valence electrons. The van der Waals surface area contributed by atoms with E-state index in [4.69, 9.17) is 4.42 Å². The van der Waals surface area contributed by atoms with E-state index in [1.807, 2.05) is 12.3 Å². The molecule has 1 N–H and O–H groups in total. The Labute approximate surface area is 132 Å². The molecule has 1 amide bonds. The van der Waals surface area contributed by atoms with E-state index in [0.29, 0.717) is 12.5 Å². The lowest BCUT2D eigenvalue weighted by Gasteiger charge is -2.31. The van der Waals surface area contributed by atoms with Gasteiger partial charge >= 0.3 is 0 Å². The van der Waals surface area contributed by atoms with Gasteiger partial charge in [0.25, 0.3) is 0 Å². The minimum Gasteiger partial charge on any atom is -0.472 e. The molecular formula is C17H27N3O2. The van der Waals surface area contributed by atoms with Gasteiger partial charge in [-0.25, -0.2) is 0 Å². The number of rotatable bonds is 6. The van der Waals surface area contributed by atoms with Crippen molar-refractivity contribution in [3.05, 3.63) is 24.2 Å². The molecule has 2 aliphatic rings. The Balaban J connectivity index is 1.31. The van der Waals surface area contributed by atoms with Gasteiger partial charge in [0.15, 0.2) is 0 Å². The standard InChI is InChI=1S/C17H27N3O2/c21-17(13-19-6-1-2-7-19)18-11-15-3-8-20(9-4-15)12-16-5-10-22-14-16/h5,10,14-15H,1-4,6-9,11-13H2,(H,18,21). The normalized spacial score (nSPS) is 21.3. The van der Waals surface area contributed by atoms with E-state index in [2.05, 4.69) is 15.1 Å². The Hall–Kier alpha value is -1.33. The van der Waals surface area contributed by atoms with E-state index < -0.39 is 0 Å². The highest BCUT2D eigenvalue weighted by atomic mass is 16.3. The zero-order valence-electron chi connectivity index (χ0n) is 13.3. The smallest absolute Gasteiger partial charge is 0.234 e. The van der Waals surface area contributed by atoms with Crippen LogP contribution in [0.2, 0.25) is 0 Å². The van der Waals surface area contributed by atoms with Crippen LogP contribution < -0.4 is 5.32 Å². The summed E-state index contributed by atoms with van der Waals surface area (Å²) in [6, 6.07) is 2.03. The van der Waals surface area contributed by atoms with Crippen LogP contribution in [0, 0.1) is 5.92 Å². The SMILES string of the molecule is O=C(CN1CCCC1)NCC1CCN(Cc2ccoc2)CC1. The Morgan fingerprint density at radius 1 is 1.18 bits per heavy atom. The first-order valence-electron chi connectivity index (χ1n) is 8.52.